The molecule has 3 aromatic rings. The molecule has 0 saturated carbocycles. The van der Waals surface area contributed by atoms with Gasteiger partial charge in [0.2, 0.25) is 5.88 Å². The Balaban J connectivity index is 1.54. The largest absolute Gasteiger partial charge is 0.493 e. The fourth-order valence-corrected chi connectivity index (χ4v) is 4.61. The molecule has 42 heavy (non-hydrogen) atoms. The van der Waals surface area contributed by atoms with E-state index in [2.05, 4.69) is 33.8 Å². The SMILES string of the molecule is COc1cc(C2C(C#N)=C(N)Oc3cc(OC(=O)C(C)Oc4ccc(C(C)C)cc4)ccc32)ccc1OCCC(C)C. The molecule has 0 fully saturated rings. The minimum atomic E-state index is -0.844. The first-order valence-corrected chi connectivity index (χ1v) is 14.1. The molecule has 8 nitrogen and oxygen atoms in total. The molecule has 2 unspecified atom stereocenters. The maximum atomic E-state index is 12.8. The summed E-state index contributed by atoms with van der Waals surface area (Å²) >= 11 is 0. The van der Waals surface area contributed by atoms with E-state index in [1.54, 1.807) is 32.2 Å². The molecule has 0 bridgehead atoms. The van der Waals surface area contributed by atoms with Gasteiger partial charge in [-0.25, -0.2) is 4.79 Å². The third-order valence-electron chi connectivity index (χ3n) is 7.07. The van der Waals surface area contributed by atoms with Gasteiger partial charge in [-0.3, -0.25) is 0 Å². The molecule has 8 heteroatoms. The first-order valence-electron chi connectivity index (χ1n) is 14.1. The summed E-state index contributed by atoms with van der Waals surface area (Å²) < 4.78 is 28.8. The lowest BCUT2D eigenvalue weighted by molar-refractivity contribution is -0.141. The van der Waals surface area contributed by atoms with Gasteiger partial charge in [-0.2, -0.15) is 5.26 Å². The molecule has 0 spiro atoms. The number of methoxy groups -OCH3 is 1. The summed E-state index contributed by atoms with van der Waals surface area (Å²) in [6.07, 6.45) is 0.0720. The van der Waals surface area contributed by atoms with E-state index < -0.39 is 18.0 Å². The zero-order valence-electron chi connectivity index (χ0n) is 25.0. The van der Waals surface area contributed by atoms with Crippen LogP contribution in [0.15, 0.2) is 72.1 Å². The molecule has 220 valence electrons. The molecule has 3 aromatic carbocycles. The molecule has 1 heterocycles. The van der Waals surface area contributed by atoms with Crippen LogP contribution in [0, 0.1) is 17.2 Å². The van der Waals surface area contributed by atoms with E-state index in [0.717, 1.165) is 12.0 Å². The molecule has 4 rings (SSSR count). The van der Waals surface area contributed by atoms with Gasteiger partial charge in [-0.1, -0.05) is 52.0 Å². The molecule has 0 radical (unpaired) electrons. The van der Waals surface area contributed by atoms with Crippen LogP contribution in [0.5, 0.6) is 28.7 Å². The van der Waals surface area contributed by atoms with Gasteiger partial charge >= 0.3 is 5.97 Å². The number of esters is 1. The summed E-state index contributed by atoms with van der Waals surface area (Å²) in [5.41, 5.74) is 9.13. The van der Waals surface area contributed by atoms with E-state index in [1.807, 2.05) is 42.5 Å². The van der Waals surface area contributed by atoms with E-state index in [-0.39, 0.29) is 17.2 Å². The van der Waals surface area contributed by atoms with Crippen molar-refractivity contribution in [3.8, 4) is 34.8 Å². The van der Waals surface area contributed by atoms with Gasteiger partial charge in [0, 0.05) is 11.6 Å². The number of rotatable bonds is 11. The second kappa shape index (κ2) is 13.3. The Kier molecular flexibility index (Phi) is 9.64. The van der Waals surface area contributed by atoms with Gasteiger partial charge in [0.05, 0.1) is 19.6 Å². The second-order valence-corrected chi connectivity index (χ2v) is 11.0. The van der Waals surface area contributed by atoms with Gasteiger partial charge in [-0.15, -0.1) is 0 Å². The Morgan fingerprint density at radius 2 is 1.69 bits per heavy atom. The standard InChI is InChI=1S/C34H38N2O6/c1-20(2)15-16-39-29-14-9-24(17-31(29)38-6)32-27-13-12-26(18-30(27)42-33(36)28(32)19-35)41-34(37)22(5)40-25-10-7-23(8-11-25)21(3)4/h7-14,17-18,20-22,32H,15-16,36H2,1-6H3. The van der Waals surface area contributed by atoms with E-state index >= 15 is 0 Å². The number of carbonyl (C=O) groups is 1. The Hall–Kier alpha value is -4.64. The second-order valence-electron chi connectivity index (χ2n) is 11.0. The van der Waals surface area contributed by atoms with Crippen molar-refractivity contribution >= 4 is 5.97 Å². The number of nitriles is 1. The average molecular weight is 571 g/mol. The van der Waals surface area contributed by atoms with Gasteiger partial charge < -0.3 is 29.4 Å². The Bertz CT molecular complexity index is 1490. The highest BCUT2D eigenvalue weighted by molar-refractivity contribution is 5.77. The van der Waals surface area contributed by atoms with Crippen molar-refractivity contribution in [2.45, 2.75) is 59.0 Å². The molecule has 0 amide bonds. The van der Waals surface area contributed by atoms with E-state index in [0.29, 0.717) is 47.0 Å². The van der Waals surface area contributed by atoms with Crippen LogP contribution in [0.3, 0.4) is 0 Å². The van der Waals surface area contributed by atoms with Crippen molar-refractivity contribution in [2.24, 2.45) is 11.7 Å². The van der Waals surface area contributed by atoms with Gasteiger partial charge in [0.25, 0.3) is 0 Å². The quantitative estimate of drug-likeness (QED) is 0.197. The Morgan fingerprint density at radius 1 is 0.976 bits per heavy atom. The number of carbonyl (C=O) groups excluding carboxylic acids is 1. The van der Waals surface area contributed by atoms with Crippen molar-refractivity contribution in [1.82, 2.24) is 0 Å². The van der Waals surface area contributed by atoms with Crippen LogP contribution in [0.1, 0.15) is 69.6 Å². The fraction of sp³-hybridized carbons (Fsp3) is 0.353. The molecular formula is C34H38N2O6. The molecule has 0 aromatic heterocycles. The minimum Gasteiger partial charge on any atom is -0.493 e. The van der Waals surface area contributed by atoms with Crippen LogP contribution in [0.2, 0.25) is 0 Å². The Morgan fingerprint density at radius 3 is 2.33 bits per heavy atom. The van der Waals surface area contributed by atoms with E-state index in [4.69, 9.17) is 29.4 Å². The summed E-state index contributed by atoms with van der Waals surface area (Å²) in [5.74, 6) is 2.23. The predicted octanol–water partition coefficient (Wildman–Crippen LogP) is 6.83. The number of hydrogen-bond donors (Lipinski definition) is 1. The number of nitrogens with zero attached hydrogens (tertiary/aromatic N) is 1. The van der Waals surface area contributed by atoms with Crippen LogP contribution in [0.4, 0.5) is 0 Å². The number of allylic oxidation sites excluding steroid dienone is 1. The number of benzene rings is 3. The molecule has 2 atom stereocenters. The third-order valence-corrected chi connectivity index (χ3v) is 7.07. The van der Waals surface area contributed by atoms with E-state index in [9.17, 15) is 10.1 Å². The maximum Gasteiger partial charge on any atom is 0.352 e. The van der Waals surface area contributed by atoms with Crippen LogP contribution in [0.25, 0.3) is 0 Å². The molecule has 1 aliphatic rings. The summed E-state index contributed by atoms with van der Waals surface area (Å²) in [6, 6.07) is 20.4. The molecule has 1 aliphatic heterocycles. The number of fused-ring (bicyclic) bond motifs is 1. The normalized spacial score (nSPS) is 15.0. The molecule has 2 N–H and O–H groups in total. The lowest BCUT2D eigenvalue weighted by Gasteiger charge is -2.27. The predicted molar refractivity (Wildman–Crippen MR) is 160 cm³/mol. The first kappa shape index (κ1) is 30.3. The van der Waals surface area contributed by atoms with Crippen LogP contribution >= 0.6 is 0 Å². The molecule has 0 aliphatic carbocycles. The average Bonchev–Trinajstić information content (AvgIpc) is 2.96. The number of nitrogens with two attached hydrogens (primary N) is 1. The topological polar surface area (TPSA) is 113 Å². The molecule has 0 saturated heterocycles. The zero-order valence-corrected chi connectivity index (χ0v) is 25.0. The summed E-state index contributed by atoms with van der Waals surface area (Å²) in [5, 5.41) is 9.96. The minimum absolute atomic E-state index is 0.0174. The lowest BCUT2D eigenvalue weighted by atomic mass is 9.83. The monoisotopic (exact) mass is 570 g/mol. The van der Waals surface area contributed by atoms with Crippen LogP contribution < -0.4 is 29.4 Å². The highest BCUT2D eigenvalue weighted by atomic mass is 16.6. The van der Waals surface area contributed by atoms with Crippen LogP contribution in [-0.4, -0.2) is 25.8 Å². The van der Waals surface area contributed by atoms with Crippen molar-refractivity contribution in [3.63, 3.8) is 0 Å². The van der Waals surface area contributed by atoms with Crippen molar-refractivity contribution in [1.29, 1.82) is 5.26 Å². The molecular weight excluding hydrogens is 532 g/mol. The van der Waals surface area contributed by atoms with Crippen molar-refractivity contribution < 1.29 is 28.5 Å². The maximum absolute atomic E-state index is 12.8. The highest BCUT2D eigenvalue weighted by Crippen LogP contribution is 2.45. The summed E-state index contributed by atoms with van der Waals surface area (Å²) in [4.78, 5) is 12.8. The zero-order chi connectivity index (χ0) is 30.4. The van der Waals surface area contributed by atoms with Crippen molar-refractivity contribution in [3.05, 3.63) is 88.8 Å². The number of hydrogen-bond acceptors (Lipinski definition) is 8. The van der Waals surface area contributed by atoms with Gasteiger partial charge in [0.15, 0.2) is 17.6 Å². The van der Waals surface area contributed by atoms with Crippen LogP contribution in [-0.2, 0) is 4.79 Å². The van der Waals surface area contributed by atoms with E-state index in [1.165, 1.54) is 5.56 Å². The third kappa shape index (κ3) is 6.98. The fourth-order valence-electron chi connectivity index (χ4n) is 4.61. The highest BCUT2D eigenvalue weighted by Gasteiger charge is 2.32. The van der Waals surface area contributed by atoms with Gasteiger partial charge in [-0.05, 0) is 66.6 Å². The summed E-state index contributed by atoms with van der Waals surface area (Å²) in [6.45, 7) is 10.7. The lowest BCUT2D eigenvalue weighted by Crippen LogP contribution is -2.28. The summed E-state index contributed by atoms with van der Waals surface area (Å²) in [7, 11) is 1.58. The smallest absolute Gasteiger partial charge is 0.352 e. The number of ether oxygens (including phenoxy) is 5. The Labute approximate surface area is 247 Å². The van der Waals surface area contributed by atoms with Gasteiger partial charge in [0.1, 0.15) is 28.9 Å². The first-order chi connectivity index (χ1) is 20.1. The van der Waals surface area contributed by atoms with Crippen molar-refractivity contribution in [2.75, 3.05) is 13.7 Å².